The second kappa shape index (κ2) is 8.72. The summed E-state index contributed by atoms with van der Waals surface area (Å²) < 4.78 is 13.8. The number of halogens is 1. The van der Waals surface area contributed by atoms with Gasteiger partial charge in [-0.1, -0.05) is 32.9 Å². The van der Waals surface area contributed by atoms with Gasteiger partial charge >= 0.3 is 12.0 Å². The van der Waals surface area contributed by atoms with Gasteiger partial charge in [-0.25, -0.2) is 14.0 Å². The minimum absolute atomic E-state index is 0.0356. The lowest BCUT2D eigenvalue weighted by Crippen LogP contribution is -2.48. The molecule has 1 aromatic carbocycles. The van der Waals surface area contributed by atoms with Crippen molar-refractivity contribution < 1.29 is 19.1 Å². The highest BCUT2D eigenvalue weighted by Gasteiger charge is 2.39. The van der Waals surface area contributed by atoms with Crippen molar-refractivity contribution in [3.05, 3.63) is 59.7 Å². The van der Waals surface area contributed by atoms with E-state index in [1.165, 1.54) is 11.1 Å². The molecule has 1 unspecified atom stereocenters. The van der Waals surface area contributed by atoms with E-state index in [9.17, 15) is 24.3 Å². The molecule has 0 saturated carbocycles. The van der Waals surface area contributed by atoms with E-state index in [1.807, 2.05) is 32.9 Å². The summed E-state index contributed by atoms with van der Waals surface area (Å²) in [6, 6.07) is 7.45. The van der Waals surface area contributed by atoms with E-state index < -0.39 is 29.9 Å². The number of aliphatic carboxylic acids is 1. The van der Waals surface area contributed by atoms with E-state index >= 15 is 0 Å². The number of carbonyl (C=O) groups is 2. The number of rotatable bonds is 4. The van der Waals surface area contributed by atoms with Gasteiger partial charge in [0.05, 0.1) is 12.3 Å². The van der Waals surface area contributed by atoms with Gasteiger partial charge in [-0.15, -0.1) is 0 Å². The number of carbonyl (C=O) groups excluding carboxylic acids is 1. The van der Waals surface area contributed by atoms with E-state index in [0.717, 1.165) is 22.7 Å². The highest BCUT2D eigenvalue weighted by atomic mass is 19.1. The maximum Gasteiger partial charge on any atom is 0.331 e. The molecule has 3 rings (SSSR count). The van der Waals surface area contributed by atoms with Crippen LogP contribution in [0.3, 0.4) is 0 Å². The molecule has 0 bridgehead atoms. The number of urea groups is 1. The number of amides is 2. The zero-order chi connectivity index (χ0) is 22.8. The third-order valence-corrected chi connectivity index (χ3v) is 5.40. The van der Waals surface area contributed by atoms with Crippen LogP contribution >= 0.6 is 0 Å². The fraction of sp³-hybridized carbons (Fsp3) is 0.391. The van der Waals surface area contributed by atoms with Crippen LogP contribution in [0.5, 0.6) is 0 Å². The van der Waals surface area contributed by atoms with Gasteiger partial charge in [0.1, 0.15) is 11.9 Å². The van der Waals surface area contributed by atoms with Crippen molar-refractivity contribution in [3.8, 4) is 6.07 Å². The fourth-order valence-electron chi connectivity index (χ4n) is 3.74. The molecule has 2 atom stereocenters. The molecule has 1 fully saturated rings. The number of hydrogen-bond acceptors (Lipinski definition) is 4. The van der Waals surface area contributed by atoms with E-state index in [2.05, 4.69) is 11.1 Å². The lowest BCUT2D eigenvalue weighted by atomic mass is 9.87. The second-order valence-corrected chi connectivity index (χ2v) is 8.61. The van der Waals surface area contributed by atoms with E-state index in [1.54, 1.807) is 12.1 Å². The maximum absolute atomic E-state index is 13.8. The average molecular weight is 424 g/mol. The van der Waals surface area contributed by atoms with Crippen LogP contribution < -0.4 is 4.90 Å². The van der Waals surface area contributed by atoms with E-state index in [4.69, 9.17) is 0 Å². The summed E-state index contributed by atoms with van der Waals surface area (Å²) in [6.07, 6.45) is 3.38. The Bertz CT molecular complexity index is 1010. The minimum atomic E-state index is -1.50. The molecular formula is C23H25FN4O3. The third-order valence-electron chi connectivity index (χ3n) is 5.40. The molecule has 1 aromatic heterocycles. The van der Waals surface area contributed by atoms with Crippen LogP contribution in [0.4, 0.5) is 14.9 Å². The zero-order valence-electron chi connectivity index (χ0n) is 17.7. The number of carboxylic acids is 1. The van der Waals surface area contributed by atoms with Crippen molar-refractivity contribution >= 4 is 17.7 Å². The molecule has 1 aliphatic rings. The Morgan fingerprint density at radius 1 is 1.29 bits per heavy atom. The molecule has 0 aliphatic carbocycles. The number of nitriles is 1. The zero-order valence-corrected chi connectivity index (χ0v) is 17.7. The number of anilines is 1. The molecule has 8 heteroatoms. The van der Waals surface area contributed by atoms with Gasteiger partial charge in [-0.05, 0) is 42.0 Å². The highest BCUT2D eigenvalue weighted by Crippen LogP contribution is 2.33. The van der Waals surface area contributed by atoms with Gasteiger partial charge in [-0.3, -0.25) is 9.88 Å². The second-order valence-electron chi connectivity index (χ2n) is 8.61. The first kappa shape index (κ1) is 22.2. The first-order valence-corrected chi connectivity index (χ1v) is 10.1. The Hall–Kier alpha value is -3.47. The summed E-state index contributed by atoms with van der Waals surface area (Å²) >= 11 is 0. The molecule has 7 nitrogen and oxygen atoms in total. The lowest BCUT2D eigenvalue weighted by Gasteiger charge is -2.34. The number of likely N-dealkylation sites (tertiary alicyclic amines) is 1. The molecule has 31 heavy (non-hydrogen) atoms. The summed E-state index contributed by atoms with van der Waals surface area (Å²) in [4.78, 5) is 32.1. The largest absolute Gasteiger partial charge is 0.479 e. The number of nitrogens with zero attached hydrogens (tertiary/aromatic N) is 4. The monoisotopic (exact) mass is 424 g/mol. The molecule has 1 aliphatic heterocycles. The predicted molar refractivity (Wildman–Crippen MR) is 113 cm³/mol. The van der Waals surface area contributed by atoms with Gasteiger partial charge in [0.15, 0.2) is 6.04 Å². The summed E-state index contributed by atoms with van der Waals surface area (Å²) in [5.41, 5.74) is 1.26. The molecule has 2 aromatic rings. The maximum atomic E-state index is 13.8. The lowest BCUT2D eigenvalue weighted by molar-refractivity contribution is -0.138. The molecule has 0 radical (unpaired) electrons. The standard InChI is InChI=1S/C23H25FN4O3/c1-23(2,3)16-6-8-18(9-7-16)28(22(31)27-10-4-5-19(27)12-25)20(21(29)30)15-11-17(24)14-26-13-15/h6-9,11,13-14,19-20H,4-5,10H2,1-3H3,(H,29,30)/t19-,20?/m0/s1. The number of aromatic nitrogens is 1. The minimum Gasteiger partial charge on any atom is -0.479 e. The van der Waals surface area contributed by atoms with Crippen LogP contribution in [0, 0.1) is 17.1 Å². The van der Waals surface area contributed by atoms with Gasteiger partial charge in [0.2, 0.25) is 0 Å². The van der Waals surface area contributed by atoms with Crippen molar-refractivity contribution in [2.45, 2.75) is 51.1 Å². The Labute approximate surface area is 180 Å². The van der Waals surface area contributed by atoms with Crippen molar-refractivity contribution in [1.82, 2.24) is 9.88 Å². The van der Waals surface area contributed by atoms with Crippen molar-refractivity contribution in [2.75, 3.05) is 11.4 Å². The molecule has 2 heterocycles. The first-order chi connectivity index (χ1) is 14.6. The molecule has 2 amide bonds. The van der Waals surface area contributed by atoms with Gasteiger partial charge in [0, 0.05) is 24.0 Å². The summed E-state index contributed by atoms with van der Waals surface area (Å²) in [5, 5.41) is 19.4. The smallest absolute Gasteiger partial charge is 0.331 e. The van der Waals surface area contributed by atoms with Crippen LogP contribution in [-0.2, 0) is 10.2 Å². The predicted octanol–water partition coefficient (Wildman–Crippen LogP) is 4.26. The van der Waals surface area contributed by atoms with Crippen LogP contribution in [0.25, 0.3) is 0 Å². The first-order valence-electron chi connectivity index (χ1n) is 10.1. The van der Waals surface area contributed by atoms with E-state index in [-0.39, 0.29) is 11.0 Å². The van der Waals surface area contributed by atoms with Crippen LogP contribution in [0.15, 0.2) is 42.7 Å². The Balaban J connectivity index is 2.12. The number of hydrogen-bond donors (Lipinski definition) is 1. The van der Waals surface area contributed by atoms with Gasteiger partial charge in [0.25, 0.3) is 0 Å². The van der Waals surface area contributed by atoms with Gasteiger partial charge in [-0.2, -0.15) is 5.26 Å². The quantitative estimate of drug-likeness (QED) is 0.791. The number of pyridine rings is 1. The summed E-state index contributed by atoms with van der Waals surface area (Å²) in [7, 11) is 0. The van der Waals surface area contributed by atoms with Crippen LogP contribution in [0.2, 0.25) is 0 Å². The SMILES string of the molecule is CC(C)(C)c1ccc(N(C(=O)N2CCC[C@H]2C#N)C(C(=O)O)c2cncc(F)c2)cc1. The van der Waals surface area contributed by atoms with Crippen LogP contribution in [-0.4, -0.2) is 39.6 Å². The Kier molecular flexibility index (Phi) is 6.25. The third kappa shape index (κ3) is 4.66. The normalized spacial score (nSPS) is 17.1. The topological polar surface area (TPSA) is 97.5 Å². The molecule has 1 N–H and O–H groups in total. The van der Waals surface area contributed by atoms with Crippen molar-refractivity contribution in [3.63, 3.8) is 0 Å². The van der Waals surface area contributed by atoms with Crippen molar-refractivity contribution in [2.24, 2.45) is 0 Å². The highest BCUT2D eigenvalue weighted by molar-refractivity contribution is 5.99. The Morgan fingerprint density at radius 2 is 1.97 bits per heavy atom. The molecule has 1 saturated heterocycles. The molecule has 0 spiro atoms. The number of benzene rings is 1. The average Bonchev–Trinajstić information content (AvgIpc) is 3.19. The van der Waals surface area contributed by atoms with Gasteiger partial charge < -0.3 is 10.0 Å². The van der Waals surface area contributed by atoms with Crippen LogP contribution in [0.1, 0.15) is 50.8 Å². The fourth-order valence-corrected chi connectivity index (χ4v) is 3.74. The molecular weight excluding hydrogens is 399 g/mol. The number of carboxylic acid groups (broad SMARTS) is 1. The molecule has 162 valence electrons. The Morgan fingerprint density at radius 3 is 2.52 bits per heavy atom. The summed E-state index contributed by atoms with van der Waals surface area (Å²) in [5.74, 6) is -2.02. The summed E-state index contributed by atoms with van der Waals surface area (Å²) in [6.45, 7) is 6.49. The van der Waals surface area contributed by atoms with E-state index in [0.29, 0.717) is 25.1 Å². The van der Waals surface area contributed by atoms with Crippen molar-refractivity contribution in [1.29, 1.82) is 5.26 Å².